The summed E-state index contributed by atoms with van der Waals surface area (Å²) in [6, 6.07) is 39.2. The van der Waals surface area contributed by atoms with Crippen molar-refractivity contribution in [3.63, 3.8) is 0 Å². The third-order valence-corrected chi connectivity index (χ3v) is 21.5. The Balaban J connectivity index is 0.000000159. The van der Waals surface area contributed by atoms with E-state index in [1.54, 1.807) is 54.6 Å². The first-order valence-electron chi connectivity index (χ1n) is 39.9. The minimum atomic E-state index is -4.43. The number of anilines is 5. The van der Waals surface area contributed by atoms with Crippen LogP contribution < -0.4 is 25.3 Å². The van der Waals surface area contributed by atoms with E-state index in [2.05, 4.69) is 81.3 Å². The molecule has 3 aliphatic rings. The first kappa shape index (κ1) is 87.7. The van der Waals surface area contributed by atoms with E-state index in [0.717, 1.165) is 70.2 Å². The number of benzene rings is 5. The quantitative estimate of drug-likeness (QED) is 0.0562. The van der Waals surface area contributed by atoms with Crippen LogP contribution in [0.5, 0.6) is 0 Å². The summed E-state index contributed by atoms with van der Waals surface area (Å²) in [4.78, 5) is 84.5. The van der Waals surface area contributed by atoms with Crippen LogP contribution in [0.15, 0.2) is 171 Å². The lowest BCUT2D eigenvalue weighted by Gasteiger charge is -2.44. The Morgan fingerprint density at radius 3 is 1.41 bits per heavy atom. The van der Waals surface area contributed by atoms with E-state index >= 15 is 0 Å². The Kier molecular flexibility index (Phi) is 26.4. The Morgan fingerprint density at radius 1 is 0.488 bits per heavy atom. The molecule has 3 fully saturated rings. The van der Waals surface area contributed by atoms with Gasteiger partial charge in [-0.15, -0.1) is 0 Å². The lowest BCUT2D eigenvalue weighted by atomic mass is 10.00. The summed E-state index contributed by atoms with van der Waals surface area (Å²) in [6.07, 6.45) is -8.14. The van der Waals surface area contributed by atoms with Crippen LogP contribution in [0.4, 0.5) is 73.9 Å². The zero-order valence-electron chi connectivity index (χ0n) is 68.7. The average molecular weight is 1690 g/mol. The van der Waals surface area contributed by atoms with Crippen molar-refractivity contribution in [2.45, 2.75) is 123 Å². The second-order valence-corrected chi connectivity index (χ2v) is 31.6. The molecule has 24 nitrogen and oxygen atoms in total. The van der Waals surface area contributed by atoms with E-state index in [-0.39, 0.29) is 66.6 Å². The molecular weight excluding hydrogens is 1600 g/mol. The third-order valence-electron chi connectivity index (χ3n) is 21.5. The van der Waals surface area contributed by atoms with E-state index in [1.807, 2.05) is 103 Å². The van der Waals surface area contributed by atoms with E-state index in [9.17, 15) is 64.4 Å². The van der Waals surface area contributed by atoms with Crippen LogP contribution in [0.3, 0.4) is 0 Å². The molecule has 10 heterocycles. The maximum absolute atomic E-state index is 12.9. The Labute approximate surface area is 702 Å². The number of pyridine rings is 4. The van der Waals surface area contributed by atoms with Crippen molar-refractivity contribution in [1.82, 2.24) is 49.6 Å². The molecule has 3 saturated heterocycles. The zero-order valence-corrected chi connectivity index (χ0v) is 68.7. The molecule has 123 heavy (non-hydrogen) atoms. The van der Waals surface area contributed by atoms with Crippen LogP contribution in [-0.2, 0) is 39.3 Å². The van der Waals surface area contributed by atoms with Crippen molar-refractivity contribution in [3.05, 3.63) is 220 Å². The van der Waals surface area contributed by atoms with Crippen LogP contribution in [0.1, 0.15) is 130 Å². The van der Waals surface area contributed by atoms with Gasteiger partial charge in [-0.25, -0.2) is 39.7 Å². The number of alkyl halides is 9. The average Bonchev–Trinajstić information content (AvgIpc) is 1.68. The molecule has 33 heteroatoms. The summed E-state index contributed by atoms with van der Waals surface area (Å²) in [5.41, 5.74) is 10.3. The number of rotatable bonds is 19. The fraction of sp³-hybridized carbons (Fsp3) is 0.344. The van der Waals surface area contributed by atoms with Gasteiger partial charge in [-0.1, -0.05) is 53.7 Å². The molecule has 0 spiro atoms. The van der Waals surface area contributed by atoms with Crippen molar-refractivity contribution < 1.29 is 67.1 Å². The van der Waals surface area contributed by atoms with Crippen LogP contribution in [0, 0.1) is 29.2 Å². The molecule has 7 aromatic heterocycles. The number of carbonyl (C=O) groups excluding carboxylic acids is 3. The zero-order chi connectivity index (χ0) is 87.9. The van der Waals surface area contributed by atoms with Gasteiger partial charge in [-0.3, -0.25) is 29.1 Å². The predicted octanol–water partition coefficient (Wildman–Crippen LogP) is 18.4. The number of fused-ring (bicyclic) bond motifs is 3. The predicted molar refractivity (Wildman–Crippen MR) is 448 cm³/mol. The molecule has 0 aliphatic carbocycles. The number of nitrogens with zero attached hydrogens (tertiary/aromatic N) is 16. The summed E-state index contributed by atoms with van der Waals surface area (Å²) in [6.45, 7) is 31.4. The van der Waals surface area contributed by atoms with Gasteiger partial charge in [0.1, 0.15) is 34.1 Å². The van der Waals surface area contributed by atoms with Crippen molar-refractivity contribution in [1.29, 1.82) is 10.5 Å². The van der Waals surface area contributed by atoms with Crippen LogP contribution in [0.2, 0.25) is 0 Å². The molecule has 636 valence electrons. The number of hydrogen-bond donors (Lipinski definition) is 2. The van der Waals surface area contributed by atoms with Gasteiger partial charge in [-0.2, -0.15) is 50.0 Å². The topological polar surface area (TPSA) is 276 Å². The van der Waals surface area contributed by atoms with Crippen LogP contribution in [0.25, 0.3) is 72.8 Å². The molecule has 2 N–H and O–H groups in total. The fourth-order valence-electron chi connectivity index (χ4n) is 15.0. The second kappa shape index (κ2) is 37.0. The number of nitriles is 2. The first-order valence-corrected chi connectivity index (χ1v) is 39.9. The molecule has 2 unspecified atom stereocenters. The summed E-state index contributed by atoms with van der Waals surface area (Å²) < 4.78 is 134. The highest BCUT2D eigenvalue weighted by Crippen LogP contribution is 2.39. The van der Waals surface area contributed by atoms with Crippen molar-refractivity contribution >= 4 is 85.3 Å². The highest BCUT2D eigenvalue weighted by atomic mass is 19.4. The second-order valence-electron chi connectivity index (χ2n) is 31.6. The van der Waals surface area contributed by atoms with E-state index in [1.165, 1.54) is 36.7 Å². The number of Topliss-reactive ketones (excluding diaryl/α,β-unsaturated/α-hetero) is 1. The SMILES string of the molecule is CC(C)c1cc(C#N)cc2nc(-c3ccc(NC(=O)CN4CC(C)N(c5ccc(C(F)(F)F)cn5)CC4C)cn3)oc12.CC(C)c1cc(C#N)cc2nc(-c3ccc(NC(=O)CN4CCN(c5ccc(C(F)(F)F)cn5)[C@H](C)C4)cn3)oc12.[C-]#[N+]c1cc(C(C)C)c2oc(-c3ccc(CC(=O)CN4CCN(c5ccc(C(F)(F)F)cc5)CC4)cc3)nc2c1. The van der Waals surface area contributed by atoms with Gasteiger partial charge in [0.15, 0.2) is 28.2 Å². The normalized spacial score (nSPS) is 16.3. The minimum Gasteiger partial charge on any atom is -0.436 e. The lowest BCUT2D eigenvalue weighted by Crippen LogP contribution is -2.58. The van der Waals surface area contributed by atoms with Gasteiger partial charge in [0, 0.05) is 118 Å². The van der Waals surface area contributed by atoms with Gasteiger partial charge in [0.2, 0.25) is 29.5 Å². The molecule has 0 radical (unpaired) electrons. The number of hydrogen-bond acceptors (Lipinski definition) is 21. The fourth-order valence-corrected chi connectivity index (χ4v) is 15.0. The van der Waals surface area contributed by atoms with Crippen molar-refractivity contribution in [2.24, 2.45) is 0 Å². The number of amides is 2. The molecule has 15 rings (SSSR count). The maximum Gasteiger partial charge on any atom is 0.417 e. The largest absolute Gasteiger partial charge is 0.436 e. The number of piperazine rings is 3. The molecule has 5 aromatic carbocycles. The van der Waals surface area contributed by atoms with Gasteiger partial charge in [-0.05, 0) is 171 Å². The summed E-state index contributed by atoms with van der Waals surface area (Å²) in [5, 5.41) is 24.4. The maximum atomic E-state index is 12.9. The third kappa shape index (κ3) is 21.2. The van der Waals surface area contributed by atoms with Gasteiger partial charge in [0.05, 0.1) is 95.4 Å². The van der Waals surface area contributed by atoms with Gasteiger partial charge < -0.3 is 38.6 Å². The Hall–Kier alpha value is -13.2. The standard InChI is InChI=1S/C31H29F3N4O2.C30H30F3N7O2.C29H28F3N7O2/c1-20(2)27-17-24(35-3)18-28-29(27)40-30(36-28)22-6-4-21(5-7-22)16-26(39)19-37-12-14-38(15-13-37)25-10-8-23(9-11-25)31(32,33)34;1-17(2)23-9-20(11-34)10-25-28(23)42-29(38-25)24-7-6-22(13-35-24)37-27(41)16-39-14-19(4)40(15-18(39)3)26-8-5-21(12-36-26)30(31,32)33;1-17(2)22-10-19(12-33)11-24-27(22)41-28(37-24)23-6-5-21(14-34-23)36-26(40)16-38-8-9-39(18(3)15-38)25-7-4-20(13-35-25)29(30,31)32/h4-11,17-18,20H,12-16,19H2,1-2H3;5-10,12-13,17-19H,14-16H2,1-4H3,(H,37,41);4-7,10-11,13-14,17-18H,8-9,15-16H2,1-3H3,(H,36,40)/t;;18-/m..1/s1. The Morgan fingerprint density at radius 2 is 0.951 bits per heavy atom. The number of halogens is 9. The van der Waals surface area contributed by atoms with E-state index in [0.29, 0.717) is 174 Å². The summed E-state index contributed by atoms with van der Waals surface area (Å²) in [5.74, 6) is 2.23. The monoisotopic (exact) mass is 1690 g/mol. The minimum absolute atomic E-state index is 0.0343. The lowest BCUT2D eigenvalue weighted by molar-refractivity contribution is -0.138. The number of aromatic nitrogens is 7. The number of nitrogens with one attached hydrogen (secondary N) is 2. The smallest absolute Gasteiger partial charge is 0.417 e. The van der Waals surface area contributed by atoms with E-state index in [4.69, 9.17) is 19.8 Å². The molecule has 0 bridgehead atoms. The van der Waals surface area contributed by atoms with Crippen molar-refractivity contribution in [3.8, 4) is 46.8 Å². The molecule has 3 aliphatic heterocycles. The van der Waals surface area contributed by atoms with Gasteiger partial charge in [0.25, 0.3) is 0 Å². The van der Waals surface area contributed by atoms with Crippen LogP contribution >= 0.6 is 0 Å². The number of carbonyl (C=O) groups is 3. The van der Waals surface area contributed by atoms with Crippen LogP contribution in [-0.4, -0.2) is 164 Å². The highest BCUT2D eigenvalue weighted by Gasteiger charge is 2.37. The first-order chi connectivity index (χ1) is 58.5. The molecule has 12 aromatic rings. The molecule has 0 saturated carbocycles. The molecule has 3 atom stereocenters. The molecule has 2 amide bonds. The van der Waals surface area contributed by atoms with E-state index < -0.39 is 35.2 Å². The number of oxazole rings is 3. The summed E-state index contributed by atoms with van der Waals surface area (Å²) >= 11 is 0. The highest BCUT2D eigenvalue weighted by molar-refractivity contribution is 5.93. The number of ketones is 1. The summed E-state index contributed by atoms with van der Waals surface area (Å²) in [7, 11) is 0. The molecular formula is C90H87F9N18O6. The van der Waals surface area contributed by atoms with Gasteiger partial charge >= 0.3 is 18.5 Å². The van der Waals surface area contributed by atoms with Crippen molar-refractivity contribution in [2.75, 3.05) is 104 Å². The Bertz CT molecular complexity index is 5910.